The Balaban J connectivity index is 1.79. The van der Waals surface area contributed by atoms with Crippen molar-refractivity contribution in [1.82, 2.24) is 0 Å². The Kier molecular flexibility index (Phi) is 4.67. The summed E-state index contributed by atoms with van der Waals surface area (Å²) in [7, 11) is 0. The van der Waals surface area contributed by atoms with Crippen LogP contribution in [0, 0.1) is 17.8 Å². The van der Waals surface area contributed by atoms with Gasteiger partial charge in [0.15, 0.2) is 0 Å². The summed E-state index contributed by atoms with van der Waals surface area (Å²) in [4.78, 5) is 0. The Labute approximate surface area is 104 Å². The standard InChI is InChI=1S/C17H18/c1-4-10-16(11-5-1)14-8-3-9-15-17-12-6-2-7-13-17/h1,4-6,8,10-12,14,17H,2-3,7,13H2/b14-8+. The largest absolute Gasteiger partial charge is 0.0985 e. The van der Waals surface area contributed by atoms with Crippen molar-refractivity contribution < 1.29 is 0 Å². The number of benzene rings is 1. The van der Waals surface area contributed by atoms with Gasteiger partial charge in [0.25, 0.3) is 0 Å². The van der Waals surface area contributed by atoms with Crippen molar-refractivity contribution in [2.24, 2.45) is 5.92 Å². The lowest BCUT2D eigenvalue weighted by atomic mass is 9.96. The molecule has 0 saturated heterocycles. The molecule has 0 aliphatic heterocycles. The van der Waals surface area contributed by atoms with Crippen molar-refractivity contribution in [3.63, 3.8) is 0 Å². The first-order valence-electron chi connectivity index (χ1n) is 6.32. The van der Waals surface area contributed by atoms with E-state index in [-0.39, 0.29) is 0 Å². The molecule has 17 heavy (non-hydrogen) atoms. The Morgan fingerprint density at radius 1 is 1.24 bits per heavy atom. The maximum atomic E-state index is 3.32. The van der Waals surface area contributed by atoms with E-state index in [2.05, 4.69) is 60.4 Å². The lowest BCUT2D eigenvalue weighted by molar-refractivity contribution is 0.645. The normalized spacial score (nSPS) is 18.9. The van der Waals surface area contributed by atoms with Crippen LogP contribution in [-0.2, 0) is 0 Å². The third-order valence-corrected chi connectivity index (χ3v) is 2.87. The maximum Gasteiger partial charge on any atom is 0.0382 e. The number of allylic oxidation sites excluding steroid dienone is 3. The predicted octanol–water partition coefficient (Wildman–Crippen LogP) is 4.45. The molecule has 0 fully saturated rings. The molecule has 1 aliphatic carbocycles. The molecule has 0 heterocycles. The first kappa shape index (κ1) is 11.7. The molecule has 0 aromatic heterocycles. The molecule has 1 aliphatic rings. The van der Waals surface area contributed by atoms with Gasteiger partial charge in [0.1, 0.15) is 0 Å². The van der Waals surface area contributed by atoms with Crippen LogP contribution in [-0.4, -0.2) is 0 Å². The minimum absolute atomic E-state index is 0.494. The van der Waals surface area contributed by atoms with Gasteiger partial charge in [-0.1, -0.05) is 66.5 Å². The monoisotopic (exact) mass is 222 g/mol. The van der Waals surface area contributed by atoms with Gasteiger partial charge < -0.3 is 0 Å². The second-order valence-corrected chi connectivity index (χ2v) is 4.30. The molecule has 0 N–H and O–H groups in total. The van der Waals surface area contributed by atoms with Gasteiger partial charge in [-0.3, -0.25) is 0 Å². The first-order chi connectivity index (χ1) is 8.45. The lowest BCUT2D eigenvalue weighted by Crippen LogP contribution is -1.96. The van der Waals surface area contributed by atoms with Gasteiger partial charge in [-0.2, -0.15) is 0 Å². The molecule has 1 aromatic rings. The van der Waals surface area contributed by atoms with Crippen molar-refractivity contribution in [3.05, 3.63) is 54.1 Å². The second kappa shape index (κ2) is 6.76. The van der Waals surface area contributed by atoms with Crippen LogP contribution in [0.5, 0.6) is 0 Å². The number of hydrogen-bond donors (Lipinski definition) is 0. The smallest absolute Gasteiger partial charge is 0.0382 e. The topological polar surface area (TPSA) is 0 Å². The summed E-state index contributed by atoms with van der Waals surface area (Å²) in [6.07, 6.45) is 13.4. The molecule has 0 amide bonds. The summed E-state index contributed by atoms with van der Waals surface area (Å²) < 4.78 is 0. The molecule has 1 unspecified atom stereocenters. The van der Waals surface area contributed by atoms with Gasteiger partial charge >= 0.3 is 0 Å². The van der Waals surface area contributed by atoms with Gasteiger partial charge in [-0.05, 0) is 24.8 Å². The zero-order valence-corrected chi connectivity index (χ0v) is 10.1. The van der Waals surface area contributed by atoms with E-state index < -0.39 is 0 Å². The van der Waals surface area contributed by atoms with Crippen molar-refractivity contribution in [2.75, 3.05) is 0 Å². The van der Waals surface area contributed by atoms with Crippen LogP contribution in [0.2, 0.25) is 0 Å². The molecular formula is C17H18. The highest BCUT2D eigenvalue weighted by atomic mass is 14.1. The third-order valence-electron chi connectivity index (χ3n) is 2.87. The third kappa shape index (κ3) is 4.33. The van der Waals surface area contributed by atoms with E-state index in [1.165, 1.54) is 24.8 Å². The van der Waals surface area contributed by atoms with Crippen molar-refractivity contribution in [2.45, 2.75) is 25.7 Å². The van der Waals surface area contributed by atoms with Crippen LogP contribution in [0.25, 0.3) is 6.08 Å². The van der Waals surface area contributed by atoms with E-state index in [0.717, 1.165) is 6.42 Å². The zero-order valence-electron chi connectivity index (χ0n) is 10.1. The summed E-state index contributed by atoms with van der Waals surface area (Å²) >= 11 is 0. The molecule has 0 saturated carbocycles. The van der Waals surface area contributed by atoms with E-state index in [1.807, 2.05) is 6.07 Å². The summed E-state index contributed by atoms with van der Waals surface area (Å²) in [5.74, 6) is 7.05. The fourth-order valence-corrected chi connectivity index (χ4v) is 1.94. The van der Waals surface area contributed by atoms with Crippen LogP contribution < -0.4 is 0 Å². The zero-order chi connectivity index (χ0) is 11.8. The van der Waals surface area contributed by atoms with Crippen LogP contribution in [0.1, 0.15) is 31.2 Å². The SMILES string of the molecule is C(#CC1C=CCCC1)C/C=C/c1ccccc1. The summed E-state index contributed by atoms with van der Waals surface area (Å²) in [5, 5.41) is 0. The van der Waals surface area contributed by atoms with Crippen LogP contribution in [0.15, 0.2) is 48.6 Å². The molecule has 0 spiro atoms. The van der Waals surface area contributed by atoms with Crippen LogP contribution in [0.4, 0.5) is 0 Å². The van der Waals surface area contributed by atoms with Gasteiger partial charge in [0.05, 0.1) is 0 Å². The summed E-state index contributed by atoms with van der Waals surface area (Å²) in [6, 6.07) is 10.4. The lowest BCUT2D eigenvalue weighted by Gasteiger charge is -2.08. The summed E-state index contributed by atoms with van der Waals surface area (Å²) in [6.45, 7) is 0. The Hall–Kier alpha value is -1.74. The predicted molar refractivity (Wildman–Crippen MR) is 74.4 cm³/mol. The molecule has 0 nitrogen and oxygen atoms in total. The fraction of sp³-hybridized carbons (Fsp3) is 0.294. The fourth-order valence-electron chi connectivity index (χ4n) is 1.94. The van der Waals surface area contributed by atoms with Crippen molar-refractivity contribution in [3.8, 4) is 11.8 Å². The quantitative estimate of drug-likeness (QED) is 0.512. The van der Waals surface area contributed by atoms with Gasteiger partial charge in [0.2, 0.25) is 0 Å². The molecule has 86 valence electrons. The average Bonchev–Trinajstić information content (AvgIpc) is 2.41. The number of rotatable bonds is 2. The van der Waals surface area contributed by atoms with Gasteiger partial charge in [-0.25, -0.2) is 0 Å². The van der Waals surface area contributed by atoms with E-state index in [9.17, 15) is 0 Å². The molecule has 1 atom stereocenters. The maximum absolute atomic E-state index is 3.32. The minimum Gasteiger partial charge on any atom is -0.0985 e. The van der Waals surface area contributed by atoms with Crippen LogP contribution in [0.3, 0.4) is 0 Å². The molecule has 1 aromatic carbocycles. The highest BCUT2D eigenvalue weighted by Gasteiger charge is 2.02. The highest BCUT2D eigenvalue weighted by Crippen LogP contribution is 2.15. The molecule has 0 heteroatoms. The Bertz CT molecular complexity index is 440. The minimum atomic E-state index is 0.494. The molecule has 0 radical (unpaired) electrons. The molecule has 2 rings (SSSR count). The molecule has 0 bridgehead atoms. The van der Waals surface area contributed by atoms with E-state index in [0.29, 0.717) is 5.92 Å². The van der Waals surface area contributed by atoms with Crippen LogP contribution >= 0.6 is 0 Å². The average molecular weight is 222 g/mol. The number of hydrogen-bond acceptors (Lipinski definition) is 0. The first-order valence-corrected chi connectivity index (χ1v) is 6.32. The highest BCUT2D eigenvalue weighted by molar-refractivity contribution is 5.49. The Morgan fingerprint density at radius 2 is 2.12 bits per heavy atom. The molecular weight excluding hydrogens is 204 g/mol. The van der Waals surface area contributed by atoms with Crippen molar-refractivity contribution >= 4 is 6.08 Å². The second-order valence-electron chi connectivity index (χ2n) is 4.30. The van der Waals surface area contributed by atoms with E-state index in [4.69, 9.17) is 0 Å². The van der Waals surface area contributed by atoms with Gasteiger partial charge in [0, 0.05) is 12.3 Å². The van der Waals surface area contributed by atoms with Gasteiger partial charge in [-0.15, -0.1) is 0 Å². The summed E-state index contributed by atoms with van der Waals surface area (Å²) in [5.41, 5.74) is 1.24. The van der Waals surface area contributed by atoms with E-state index >= 15 is 0 Å². The van der Waals surface area contributed by atoms with E-state index in [1.54, 1.807) is 0 Å². The Morgan fingerprint density at radius 3 is 2.88 bits per heavy atom. The van der Waals surface area contributed by atoms with Crippen molar-refractivity contribution in [1.29, 1.82) is 0 Å².